The molecule has 0 N–H and O–H groups in total. The van der Waals surface area contributed by atoms with E-state index in [4.69, 9.17) is 14.2 Å². The fourth-order valence-corrected chi connectivity index (χ4v) is 2.59. The van der Waals surface area contributed by atoms with Gasteiger partial charge in [-0.1, -0.05) is 6.07 Å². The van der Waals surface area contributed by atoms with E-state index in [0.29, 0.717) is 17.1 Å². The number of nitrogens with zero attached hydrogens (tertiary/aromatic N) is 2. The largest absolute Gasteiger partial charge is 0.497 e. The number of nitro groups is 1. The minimum atomic E-state index is -0.696. The third kappa shape index (κ3) is 3.64. The van der Waals surface area contributed by atoms with E-state index in [0.717, 1.165) is 5.56 Å². The van der Waals surface area contributed by atoms with Crippen molar-refractivity contribution in [2.24, 2.45) is 4.99 Å². The molecule has 0 aromatic heterocycles. The van der Waals surface area contributed by atoms with Crippen molar-refractivity contribution in [3.8, 4) is 11.5 Å². The Hall–Kier alpha value is -3.68. The quantitative estimate of drug-likeness (QED) is 0.347. The van der Waals surface area contributed by atoms with E-state index in [9.17, 15) is 14.9 Å². The summed E-state index contributed by atoms with van der Waals surface area (Å²) in [4.78, 5) is 27.1. The third-order valence-corrected chi connectivity index (χ3v) is 3.93. The van der Waals surface area contributed by atoms with Gasteiger partial charge in [-0.25, -0.2) is 9.79 Å². The molecule has 2 aromatic rings. The van der Waals surface area contributed by atoms with Gasteiger partial charge in [-0.2, -0.15) is 0 Å². The number of hydrogen-bond donors (Lipinski definition) is 0. The lowest BCUT2D eigenvalue weighted by molar-refractivity contribution is -0.385. The summed E-state index contributed by atoms with van der Waals surface area (Å²) in [7, 11) is 3.03. The van der Waals surface area contributed by atoms with Crippen LogP contribution in [0.4, 0.5) is 5.69 Å². The van der Waals surface area contributed by atoms with Gasteiger partial charge in [0.25, 0.3) is 5.69 Å². The molecule has 0 fully saturated rings. The van der Waals surface area contributed by atoms with Crippen molar-refractivity contribution in [3.05, 3.63) is 68.9 Å². The lowest BCUT2D eigenvalue weighted by atomic mass is 10.1. The summed E-state index contributed by atoms with van der Waals surface area (Å²) >= 11 is 0. The molecule has 1 aliphatic rings. The summed E-state index contributed by atoms with van der Waals surface area (Å²) in [5.41, 5.74) is 1.36. The number of methoxy groups -OCH3 is 2. The second-order valence-corrected chi connectivity index (χ2v) is 5.72. The van der Waals surface area contributed by atoms with Gasteiger partial charge in [-0.15, -0.1) is 0 Å². The van der Waals surface area contributed by atoms with E-state index in [1.165, 1.54) is 26.4 Å². The zero-order chi connectivity index (χ0) is 19.6. The Balaban J connectivity index is 2.04. The molecule has 2 aromatic carbocycles. The molecule has 0 bridgehead atoms. The zero-order valence-corrected chi connectivity index (χ0v) is 14.9. The average Bonchev–Trinajstić information content (AvgIpc) is 3.02. The maximum absolute atomic E-state index is 12.2. The van der Waals surface area contributed by atoms with Crippen molar-refractivity contribution < 1.29 is 23.9 Å². The first-order valence-electron chi connectivity index (χ1n) is 7.93. The number of ether oxygens (including phenoxy) is 3. The van der Waals surface area contributed by atoms with Crippen LogP contribution >= 0.6 is 0 Å². The molecule has 0 radical (unpaired) electrons. The Morgan fingerprint density at radius 3 is 2.59 bits per heavy atom. The van der Waals surface area contributed by atoms with Gasteiger partial charge in [-0.05, 0) is 36.8 Å². The van der Waals surface area contributed by atoms with Crippen LogP contribution in [-0.2, 0) is 9.53 Å². The van der Waals surface area contributed by atoms with Crippen LogP contribution in [0.25, 0.3) is 6.08 Å². The molecule has 0 saturated carbocycles. The van der Waals surface area contributed by atoms with Crippen LogP contribution in [0.5, 0.6) is 11.5 Å². The molecule has 3 rings (SSSR count). The molecule has 1 aliphatic heterocycles. The Labute approximate surface area is 154 Å². The second-order valence-electron chi connectivity index (χ2n) is 5.72. The van der Waals surface area contributed by atoms with Gasteiger partial charge in [0, 0.05) is 17.7 Å². The Morgan fingerprint density at radius 2 is 1.93 bits per heavy atom. The van der Waals surface area contributed by atoms with Crippen LogP contribution < -0.4 is 9.47 Å². The number of esters is 1. The molecule has 0 spiro atoms. The van der Waals surface area contributed by atoms with E-state index in [1.807, 2.05) is 0 Å². The van der Waals surface area contributed by atoms with E-state index >= 15 is 0 Å². The van der Waals surface area contributed by atoms with E-state index in [-0.39, 0.29) is 22.8 Å². The minimum Gasteiger partial charge on any atom is -0.497 e. The van der Waals surface area contributed by atoms with E-state index in [2.05, 4.69) is 4.99 Å². The lowest BCUT2D eigenvalue weighted by Crippen LogP contribution is -2.08. The molecule has 1 heterocycles. The molecule has 138 valence electrons. The number of carbonyl (C=O) groups excluding carboxylic acids is 1. The minimum absolute atomic E-state index is 0.0178. The van der Waals surface area contributed by atoms with Gasteiger partial charge < -0.3 is 14.2 Å². The van der Waals surface area contributed by atoms with Gasteiger partial charge in [-0.3, -0.25) is 10.1 Å². The number of hydrogen-bond acceptors (Lipinski definition) is 7. The summed E-state index contributed by atoms with van der Waals surface area (Å²) in [5.74, 6) is 0.287. The smallest absolute Gasteiger partial charge is 0.363 e. The number of aliphatic imine (C=N–C) groups is 1. The standard InChI is InChI=1S/C19H16N2O6/c1-11-4-7-16(21(23)24)14(8-11)18-20-15(19(22)27-18)9-12-5-6-13(25-2)10-17(12)26-3/h4-10H,1-3H3/b15-9-. The Morgan fingerprint density at radius 1 is 1.15 bits per heavy atom. The maximum Gasteiger partial charge on any atom is 0.363 e. The van der Waals surface area contributed by atoms with Crippen molar-refractivity contribution in [2.75, 3.05) is 14.2 Å². The molecule has 27 heavy (non-hydrogen) atoms. The molecular weight excluding hydrogens is 352 g/mol. The van der Waals surface area contributed by atoms with Gasteiger partial charge >= 0.3 is 5.97 Å². The average molecular weight is 368 g/mol. The number of cyclic esters (lactones) is 1. The predicted molar refractivity (Wildman–Crippen MR) is 98.0 cm³/mol. The summed E-state index contributed by atoms with van der Waals surface area (Å²) in [6, 6.07) is 9.61. The van der Waals surface area contributed by atoms with Crippen LogP contribution in [0.1, 0.15) is 16.7 Å². The van der Waals surface area contributed by atoms with Crippen molar-refractivity contribution >= 4 is 23.6 Å². The summed E-state index contributed by atoms with van der Waals surface area (Å²) in [6.45, 7) is 1.78. The highest BCUT2D eigenvalue weighted by molar-refractivity contribution is 6.14. The first-order valence-corrected chi connectivity index (χ1v) is 7.93. The molecule has 0 unspecified atom stereocenters. The van der Waals surface area contributed by atoms with Crippen LogP contribution in [0.15, 0.2) is 47.1 Å². The van der Waals surface area contributed by atoms with Gasteiger partial charge in [0.05, 0.1) is 19.1 Å². The zero-order valence-electron chi connectivity index (χ0n) is 14.9. The highest BCUT2D eigenvalue weighted by Crippen LogP contribution is 2.30. The summed E-state index contributed by atoms with van der Waals surface area (Å²) < 4.78 is 15.6. The van der Waals surface area contributed by atoms with Crippen molar-refractivity contribution in [3.63, 3.8) is 0 Å². The summed E-state index contributed by atoms with van der Waals surface area (Å²) in [6.07, 6.45) is 1.50. The van der Waals surface area contributed by atoms with Crippen molar-refractivity contribution in [1.29, 1.82) is 0 Å². The molecule has 0 aliphatic carbocycles. The van der Waals surface area contributed by atoms with Crippen molar-refractivity contribution in [1.82, 2.24) is 0 Å². The molecule has 0 saturated heterocycles. The normalized spacial score (nSPS) is 14.7. The SMILES string of the molecule is COc1ccc(/C=C2\N=C(c3cc(C)ccc3[N+](=O)[O-])OC2=O)c(OC)c1. The van der Waals surface area contributed by atoms with E-state index < -0.39 is 10.9 Å². The maximum atomic E-state index is 12.2. The van der Waals surface area contributed by atoms with Crippen LogP contribution in [0.2, 0.25) is 0 Å². The molecule has 0 atom stereocenters. The summed E-state index contributed by atoms with van der Waals surface area (Å²) in [5, 5.41) is 11.3. The number of rotatable bonds is 5. The molecule has 8 nitrogen and oxygen atoms in total. The predicted octanol–water partition coefficient (Wildman–Crippen LogP) is 3.26. The van der Waals surface area contributed by atoms with Crippen LogP contribution in [0, 0.1) is 17.0 Å². The van der Waals surface area contributed by atoms with Crippen molar-refractivity contribution in [2.45, 2.75) is 6.92 Å². The van der Waals surface area contributed by atoms with Gasteiger partial charge in [0.1, 0.15) is 17.1 Å². The second kappa shape index (κ2) is 7.28. The first-order chi connectivity index (χ1) is 12.9. The highest BCUT2D eigenvalue weighted by Gasteiger charge is 2.29. The number of benzene rings is 2. The Bertz CT molecular complexity index is 994. The van der Waals surface area contributed by atoms with Crippen LogP contribution in [0.3, 0.4) is 0 Å². The monoisotopic (exact) mass is 368 g/mol. The van der Waals surface area contributed by atoms with Crippen LogP contribution in [-0.4, -0.2) is 31.0 Å². The topological polar surface area (TPSA) is 100 Å². The molecule has 8 heteroatoms. The highest BCUT2D eigenvalue weighted by atomic mass is 16.6. The van der Waals surface area contributed by atoms with Gasteiger partial charge in [0.15, 0.2) is 5.70 Å². The Kier molecular flexibility index (Phi) is 4.89. The number of aryl methyl sites for hydroxylation is 1. The fraction of sp³-hybridized carbons (Fsp3) is 0.158. The lowest BCUT2D eigenvalue weighted by Gasteiger charge is -2.07. The third-order valence-electron chi connectivity index (χ3n) is 3.93. The first kappa shape index (κ1) is 18.1. The number of nitro benzene ring substituents is 1. The molecule has 0 amide bonds. The van der Waals surface area contributed by atoms with E-state index in [1.54, 1.807) is 37.3 Å². The number of carbonyl (C=O) groups is 1. The molecular formula is C19H16N2O6. The van der Waals surface area contributed by atoms with Gasteiger partial charge in [0.2, 0.25) is 5.90 Å². The fourth-order valence-electron chi connectivity index (χ4n) is 2.59.